The van der Waals surface area contributed by atoms with Crippen LogP contribution >= 0.6 is 0 Å². The standard InChI is InChI=1S/C23H15N3O7S/c27-22-19-10-2-1-9-18(19)20(13-21(22)24-15-6-3-5-14(11-15)23(28)29)25-34(32,33)17-8-4-7-16(12-17)26(30)31/h1-13,24H,(H,28,29). The van der Waals surface area contributed by atoms with Crippen LogP contribution in [0.4, 0.5) is 11.4 Å². The van der Waals surface area contributed by atoms with Gasteiger partial charge in [-0.05, 0) is 30.3 Å². The topological polar surface area (TPSA) is 156 Å². The zero-order valence-electron chi connectivity index (χ0n) is 17.2. The third kappa shape index (κ3) is 4.45. The van der Waals surface area contributed by atoms with Crippen molar-refractivity contribution < 1.29 is 28.0 Å². The van der Waals surface area contributed by atoms with Gasteiger partial charge in [-0.15, -0.1) is 0 Å². The third-order valence-electron chi connectivity index (χ3n) is 4.91. The number of carboxylic acids is 1. The van der Waals surface area contributed by atoms with Crippen molar-refractivity contribution >= 4 is 38.9 Å². The normalized spacial score (nSPS) is 14.3. The lowest BCUT2D eigenvalue weighted by Crippen LogP contribution is -2.22. The van der Waals surface area contributed by atoms with Crippen molar-refractivity contribution in [3.8, 4) is 0 Å². The number of hydrogen-bond acceptors (Lipinski definition) is 7. The first kappa shape index (κ1) is 22.6. The smallest absolute Gasteiger partial charge is 0.335 e. The van der Waals surface area contributed by atoms with Gasteiger partial charge in [-0.2, -0.15) is 12.8 Å². The minimum absolute atomic E-state index is 0.00333. The van der Waals surface area contributed by atoms with E-state index in [1.165, 1.54) is 48.5 Å². The quantitative estimate of drug-likeness (QED) is 0.402. The molecule has 2 N–H and O–H groups in total. The number of non-ortho nitro benzene ring substituents is 1. The minimum atomic E-state index is -4.37. The van der Waals surface area contributed by atoms with Crippen LogP contribution in [-0.4, -0.2) is 35.9 Å². The second-order valence-corrected chi connectivity index (χ2v) is 8.75. The zero-order chi connectivity index (χ0) is 24.5. The monoisotopic (exact) mass is 477 g/mol. The van der Waals surface area contributed by atoms with Gasteiger partial charge in [-0.25, -0.2) is 4.79 Å². The van der Waals surface area contributed by atoms with Crippen LogP contribution in [0.15, 0.2) is 93.9 Å². The second kappa shape index (κ2) is 8.71. The predicted octanol–water partition coefficient (Wildman–Crippen LogP) is 3.66. The number of nitrogens with one attached hydrogen (secondary N) is 1. The molecule has 0 saturated heterocycles. The van der Waals surface area contributed by atoms with Gasteiger partial charge in [-0.1, -0.05) is 36.4 Å². The van der Waals surface area contributed by atoms with Gasteiger partial charge in [0.25, 0.3) is 15.7 Å². The lowest BCUT2D eigenvalue weighted by Gasteiger charge is -2.19. The fourth-order valence-electron chi connectivity index (χ4n) is 3.32. The van der Waals surface area contributed by atoms with Crippen molar-refractivity contribution in [2.45, 2.75) is 4.90 Å². The molecular weight excluding hydrogens is 462 g/mol. The minimum Gasteiger partial charge on any atom is -0.478 e. The van der Waals surface area contributed by atoms with Crippen LogP contribution in [0.25, 0.3) is 0 Å². The number of carbonyl (C=O) groups is 2. The number of ketones is 1. The van der Waals surface area contributed by atoms with Gasteiger partial charge in [0.2, 0.25) is 5.78 Å². The first-order valence-electron chi connectivity index (χ1n) is 9.71. The molecule has 0 heterocycles. The van der Waals surface area contributed by atoms with Crippen LogP contribution in [0.5, 0.6) is 0 Å². The Balaban J connectivity index is 1.81. The molecule has 0 bridgehead atoms. The van der Waals surface area contributed by atoms with E-state index in [2.05, 4.69) is 9.71 Å². The molecule has 1 aliphatic rings. The van der Waals surface area contributed by atoms with Crippen molar-refractivity contribution in [3.63, 3.8) is 0 Å². The highest BCUT2D eigenvalue weighted by molar-refractivity contribution is 7.90. The number of benzene rings is 3. The Hall–Kier alpha value is -4.64. The zero-order valence-corrected chi connectivity index (χ0v) is 18.0. The fourth-order valence-corrected chi connectivity index (χ4v) is 4.36. The summed E-state index contributed by atoms with van der Waals surface area (Å²) in [6.07, 6.45) is 1.24. The Morgan fingerprint density at radius 2 is 1.68 bits per heavy atom. The van der Waals surface area contributed by atoms with Crippen LogP contribution in [0, 0.1) is 10.1 Å². The van der Waals surface area contributed by atoms with Crippen molar-refractivity contribution in [1.82, 2.24) is 0 Å². The summed E-state index contributed by atoms with van der Waals surface area (Å²) in [6.45, 7) is 0. The van der Waals surface area contributed by atoms with Gasteiger partial charge >= 0.3 is 5.97 Å². The van der Waals surface area contributed by atoms with Gasteiger partial charge in [-0.3, -0.25) is 14.9 Å². The van der Waals surface area contributed by atoms with E-state index < -0.39 is 32.4 Å². The highest BCUT2D eigenvalue weighted by Crippen LogP contribution is 2.26. The Bertz CT molecular complexity index is 1520. The largest absolute Gasteiger partial charge is 0.478 e. The molecule has 34 heavy (non-hydrogen) atoms. The van der Waals surface area contributed by atoms with E-state index >= 15 is 0 Å². The number of allylic oxidation sites excluding steroid dienone is 2. The van der Waals surface area contributed by atoms with E-state index in [0.29, 0.717) is 5.69 Å². The summed E-state index contributed by atoms with van der Waals surface area (Å²) in [7, 11) is -4.37. The third-order valence-corrected chi connectivity index (χ3v) is 6.19. The van der Waals surface area contributed by atoms with Gasteiger partial charge in [0, 0.05) is 28.9 Å². The van der Waals surface area contributed by atoms with Crippen LogP contribution in [0.2, 0.25) is 0 Å². The van der Waals surface area contributed by atoms with Gasteiger partial charge in [0.05, 0.1) is 26.8 Å². The number of Topliss-reactive ketones (excluding diaryl/α,β-unsaturated/α-hetero) is 1. The lowest BCUT2D eigenvalue weighted by molar-refractivity contribution is -0.385. The summed E-state index contributed by atoms with van der Waals surface area (Å²) in [4.78, 5) is 34.2. The highest BCUT2D eigenvalue weighted by Gasteiger charge is 2.27. The Morgan fingerprint density at radius 3 is 2.38 bits per heavy atom. The first-order chi connectivity index (χ1) is 16.2. The van der Waals surface area contributed by atoms with Gasteiger partial charge < -0.3 is 10.4 Å². The van der Waals surface area contributed by atoms with Crippen LogP contribution < -0.4 is 5.32 Å². The van der Waals surface area contributed by atoms with Crippen LogP contribution in [0.1, 0.15) is 26.3 Å². The number of anilines is 1. The van der Waals surface area contributed by atoms with E-state index in [4.69, 9.17) is 0 Å². The molecule has 0 amide bonds. The molecule has 0 saturated carbocycles. The Kier molecular flexibility index (Phi) is 5.78. The highest BCUT2D eigenvalue weighted by atomic mass is 32.2. The average Bonchev–Trinajstić information content (AvgIpc) is 2.82. The predicted molar refractivity (Wildman–Crippen MR) is 123 cm³/mol. The fraction of sp³-hybridized carbons (Fsp3) is 0. The van der Waals surface area contributed by atoms with Crippen molar-refractivity contribution in [2.75, 3.05) is 5.32 Å². The summed E-state index contributed by atoms with van der Waals surface area (Å²) in [6, 6.07) is 16.5. The van der Waals surface area contributed by atoms with Crippen LogP contribution in [0.3, 0.4) is 0 Å². The van der Waals surface area contributed by atoms with Gasteiger partial charge in [0.1, 0.15) is 0 Å². The molecule has 0 unspecified atom stereocenters. The average molecular weight is 477 g/mol. The number of nitro benzene ring substituents is 1. The molecule has 170 valence electrons. The van der Waals surface area contributed by atoms with Crippen LogP contribution in [-0.2, 0) is 10.0 Å². The maximum atomic E-state index is 13.0. The lowest BCUT2D eigenvalue weighted by atomic mass is 9.92. The molecule has 10 nitrogen and oxygen atoms in total. The summed E-state index contributed by atoms with van der Waals surface area (Å²) < 4.78 is 29.7. The number of nitrogens with zero attached hydrogens (tertiary/aromatic N) is 2. The molecule has 0 radical (unpaired) electrons. The van der Waals surface area contributed by atoms with Crippen molar-refractivity contribution in [2.24, 2.45) is 4.40 Å². The number of nitro groups is 1. The number of sulfonamides is 1. The molecule has 0 aromatic heterocycles. The SMILES string of the molecule is O=C(O)c1cccc(NC2=CC(=NS(=O)(=O)c3cccc([N+](=O)[O-])c3)c3ccccc3C2=O)c1. The first-order valence-corrected chi connectivity index (χ1v) is 11.2. The van der Waals surface area contributed by atoms with Crippen molar-refractivity contribution in [1.29, 1.82) is 0 Å². The molecule has 1 aliphatic carbocycles. The molecule has 4 rings (SSSR count). The van der Waals surface area contributed by atoms with E-state index in [1.807, 2.05) is 0 Å². The Morgan fingerprint density at radius 1 is 0.971 bits per heavy atom. The molecule has 0 atom stereocenters. The second-order valence-electron chi connectivity index (χ2n) is 7.15. The molecule has 11 heteroatoms. The molecule has 0 fully saturated rings. The van der Waals surface area contributed by atoms with Gasteiger partial charge in [0.15, 0.2) is 0 Å². The maximum absolute atomic E-state index is 13.0. The molecule has 3 aromatic carbocycles. The number of carboxylic acid groups (broad SMARTS) is 1. The summed E-state index contributed by atoms with van der Waals surface area (Å²) in [5.74, 6) is -1.59. The number of carbonyl (C=O) groups excluding carboxylic acids is 1. The van der Waals surface area contributed by atoms with E-state index in [0.717, 1.165) is 12.1 Å². The molecule has 3 aromatic rings. The molecule has 0 aliphatic heterocycles. The summed E-state index contributed by atoms with van der Waals surface area (Å²) in [5, 5.41) is 23.1. The number of rotatable bonds is 6. The molecular formula is C23H15N3O7S. The van der Waals surface area contributed by atoms with E-state index in [9.17, 15) is 33.2 Å². The molecule has 0 spiro atoms. The number of aromatic carboxylic acids is 1. The van der Waals surface area contributed by atoms with Crippen molar-refractivity contribution in [3.05, 3.63) is 111 Å². The summed E-state index contributed by atoms with van der Waals surface area (Å²) >= 11 is 0. The van der Waals surface area contributed by atoms with E-state index in [1.54, 1.807) is 18.2 Å². The van der Waals surface area contributed by atoms with E-state index in [-0.39, 0.29) is 33.0 Å². The Labute approximate surface area is 193 Å². The number of fused-ring (bicyclic) bond motifs is 1. The summed E-state index contributed by atoms with van der Waals surface area (Å²) in [5.41, 5.74) is 0.280. The number of hydrogen-bond donors (Lipinski definition) is 2. The maximum Gasteiger partial charge on any atom is 0.335 e.